The van der Waals surface area contributed by atoms with Crippen molar-refractivity contribution < 1.29 is 19.1 Å². The predicted molar refractivity (Wildman–Crippen MR) is 108 cm³/mol. The number of likely N-dealkylation sites (tertiary alicyclic amines) is 1. The highest BCUT2D eigenvalue weighted by Gasteiger charge is 2.37. The number of aliphatic hydroxyl groups excluding tert-OH is 1. The van der Waals surface area contributed by atoms with Gasteiger partial charge in [0, 0.05) is 42.2 Å². The van der Waals surface area contributed by atoms with Crippen LogP contribution in [-0.2, 0) is 11.2 Å². The lowest BCUT2D eigenvalue weighted by Gasteiger charge is -2.40. The molecule has 0 unspecified atom stereocenters. The first kappa shape index (κ1) is 19.3. The molecule has 2 N–H and O–H groups in total. The Hall–Kier alpha value is -2.99. The first-order valence-electron chi connectivity index (χ1n) is 9.76. The fourth-order valence-electron chi connectivity index (χ4n) is 4.15. The summed E-state index contributed by atoms with van der Waals surface area (Å²) < 4.78 is 13.4. The van der Waals surface area contributed by atoms with Gasteiger partial charge in [-0.15, -0.1) is 0 Å². The molecule has 0 saturated carbocycles. The summed E-state index contributed by atoms with van der Waals surface area (Å²) in [6.45, 7) is 0.899. The Morgan fingerprint density at radius 3 is 2.52 bits per heavy atom. The number of aromatic nitrogens is 1. The van der Waals surface area contributed by atoms with Crippen LogP contribution in [0.15, 0.2) is 54.7 Å². The van der Waals surface area contributed by atoms with Crippen LogP contribution in [0.1, 0.15) is 28.8 Å². The van der Waals surface area contributed by atoms with Gasteiger partial charge in [0.2, 0.25) is 0 Å². The number of nitrogens with zero attached hydrogens (tertiary/aromatic N) is 1. The molecule has 6 heteroatoms. The van der Waals surface area contributed by atoms with E-state index < -0.39 is 17.5 Å². The van der Waals surface area contributed by atoms with Gasteiger partial charge in [-0.1, -0.05) is 30.3 Å². The van der Waals surface area contributed by atoms with Crippen LogP contribution in [0, 0.1) is 11.2 Å². The summed E-state index contributed by atoms with van der Waals surface area (Å²) in [4.78, 5) is 30.0. The molecule has 0 atom stereocenters. The molecule has 5 nitrogen and oxygen atoms in total. The summed E-state index contributed by atoms with van der Waals surface area (Å²) in [6, 6.07) is 14.1. The van der Waals surface area contributed by atoms with Crippen molar-refractivity contribution in [1.82, 2.24) is 9.88 Å². The van der Waals surface area contributed by atoms with Crippen molar-refractivity contribution in [2.24, 2.45) is 5.41 Å². The van der Waals surface area contributed by atoms with E-state index in [1.54, 1.807) is 4.90 Å². The molecule has 4 rings (SSSR count). The summed E-state index contributed by atoms with van der Waals surface area (Å²) in [7, 11) is 0. The second kappa shape index (κ2) is 7.79. The molecular weight excluding hydrogens is 371 g/mol. The van der Waals surface area contributed by atoms with E-state index in [9.17, 15) is 19.1 Å². The van der Waals surface area contributed by atoms with Gasteiger partial charge < -0.3 is 15.0 Å². The minimum Gasteiger partial charge on any atom is -0.396 e. The van der Waals surface area contributed by atoms with E-state index in [0.717, 1.165) is 12.0 Å². The summed E-state index contributed by atoms with van der Waals surface area (Å²) in [5, 5.41) is 10.6. The number of ketones is 1. The van der Waals surface area contributed by atoms with Gasteiger partial charge in [0.1, 0.15) is 5.82 Å². The van der Waals surface area contributed by atoms with Crippen LogP contribution >= 0.6 is 0 Å². The largest absolute Gasteiger partial charge is 0.396 e. The van der Waals surface area contributed by atoms with Crippen LogP contribution in [0.4, 0.5) is 4.39 Å². The van der Waals surface area contributed by atoms with Gasteiger partial charge in [-0.3, -0.25) is 9.59 Å². The fraction of sp³-hybridized carbons (Fsp3) is 0.304. The number of piperidine rings is 1. The van der Waals surface area contributed by atoms with Gasteiger partial charge in [0.25, 0.3) is 11.7 Å². The molecule has 2 heterocycles. The van der Waals surface area contributed by atoms with E-state index in [1.807, 2.05) is 30.3 Å². The van der Waals surface area contributed by atoms with Crippen molar-refractivity contribution in [3.05, 3.63) is 71.7 Å². The number of carbonyl (C=O) groups excluding carboxylic acids is 2. The number of Topliss-reactive ketones (excluding diaryl/α,β-unsaturated/α-hetero) is 1. The highest BCUT2D eigenvalue weighted by atomic mass is 19.1. The number of halogens is 1. The molecule has 1 amide bonds. The van der Waals surface area contributed by atoms with Crippen molar-refractivity contribution in [1.29, 1.82) is 0 Å². The monoisotopic (exact) mass is 394 g/mol. The molecule has 0 radical (unpaired) electrons. The number of carbonyl (C=O) groups is 2. The number of nitrogens with one attached hydrogen (secondary N) is 1. The predicted octanol–water partition coefficient (Wildman–Crippen LogP) is 3.33. The molecular formula is C23H23FN2O3. The molecule has 1 aromatic heterocycles. The van der Waals surface area contributed by atoms with Crippen LogP contribution < -0.4 is 0 Å². The Bertz CT molecular complexity index is 1040. The number of hydrogen-bond acceptors (Lipinski definition) is 3. The minimum atomic E-state index is -0.595. The van der Waals surface area contributed by atoms with Crippen LogP contribution in [0.3, 0.4) is 0 Å². The Morgan fingerprint density at radius 1 is 1.10 bits per heavy atom. The average molecular weight is 394 g/mol. The molecule has 0 spiro atoms. The first-order valence-corrected chi connectivity index (χ1v) is 9.76. The van der Waals surface area contributed by atoms with E-state index in [-0.39, 0.29) is 17.6 Å². The second-order valence-electron chi connectivity index (χ2n) is 7.83. The Balaban J connectivity index is 1.46. The first-order chi connectivity index (χ1) is 14.0. The number of benzene rings is 2. The van der Waals surface area contributed by atoms with Crippen LogP contribution in [0.2, 0.25) is 0 Å². The fourth-order valence-corrected chi connectivity index (χ4v) is 4.15. The zero-order valence-corrected chi connectivity index (χ0v) is 16.0. The summed E-state index contributed by atoms with van der Waals surface area (Å²) in [6.07, 6.45) is 3.48. The summed E-state index contributed by atoms with van der Waals surface area (Å²) in [5.41, 5.74) is 1.62. The quantitative estimate of drug-likeness (QED) is 0.515. The number of aromatic amines is 1. The van der Waals surface area contributed by atoms with E-state index in [2.05, 4.69) is 4.98 Å². The SMILES string of the molecule is O=C(C(=O)N1CCC(CO)(Cc2ccccc2)CC1)c1c[nH]c2cc(F)ccc12. The third-order valence-electron chi connectivity index (χ3n) is 5.95. The highest BCUT2D eigenvalue weighted by molar-refractivity contribution is 6.44. The lowest BCUT2D eigenvalue weighted by molar-refractivity contribution is -0.129. The average Bonchev–Trinajstić information content (AvgIpc) is 3.17. The molecule has 3 aromatic rings. The topological polar surface area (TPSA) is 73.4 Å². The van der Waals surface area contributed by atoms with Crippen molar-refractivity contribution in [2.45, 2.75) is 19.3 Å². The van der Waals surface area contributed by atoms with E-state index in [4.69, 9.17) is 0 Å². The maximum absolute atomic E-state index is 13.4. The van der Waals surface area contributed by atoms with Gasteiger partial charge in [-0.05, 0) is 43.0 Å². The molecule has 1 aliphatic heterocycles. The minimum absolute atomic E-state index is 0.0475. The maximum Gasteiger partial charge on any atom is 0.295 e. The number of rotatable bonds is 5. The van der Waals surface area contributed by atoms with E-state index >= 15 is 0 Å². The maximum atomic E-state index is 13.4. The Labute approximate surface area is 168 Å². The molecule has 1 aliphatic rings. The number of aliphatic hydroxyl groups is 1. The van der Waals surface area contributed by atoms with Gasteiger partial charge in [-0.2, -0.15) is 0 Å². The van der Waals surface area contributed by atoms with E-state index in [0.29, 0.717) is 36.8 Å². The molecule has 0 bridgehead atoms. The van der Waals surface area contributed by atoms with Crippen LogP contribution in [0.5, 0.6) is 0 Å². The number of amides is 1. The zero-order chi connectivity index (χ0) is 20.4. The van der Waals surface area contributed by atoms with Crippen molar-refractivity contribution in [2.75, 3.05) is 19.7 Å². The highest BCUT2D eigenvalue weighted by Crippen LogP contribution is 2.35. The molecule has 2 aromatic carbocycles. The van der Waals surface area contributed by atoms with Gasteiger partial charge in [0.05, 0.1) is 5.56 Å². The Kier molecular flexibility index (Phi) is 5.20. The van der Waals surface area contributed by atoms with Crippen LogP contribution in [0.25, 0.3) is 10.9 Å². The zero-order valence-electron chi connectivity index (χ0n) is 16.0. The molecule has 1 saturated heterocycles. The third kappa shape index (κ3) is 3.80. The lowest BCUT2D eigenvalue weighted by Crippen LogP contribution is -2.47. The van der Waals surface area contributed by atoms with Gasteiger partial charge in [0.15, 0.2) is 0 Å². The molecule has 150 valence electrons. The van der Waals surface area contributed by atoms with E-state index in [1.165, 1.54) is 24.4 Å². The van der Waals surface area contributed by atoms with Gasteiger partial charge >= 0.3 is 0 Å². The number of H-pyrrole nitrogens is 1. The molecule has 1 fully saturated rings. The van der Waals surface area contributed by atoms with Gasteiger partial charge in [-0.25, -0.2) is 4.39 Å². The number of fused-ring (bicyclic) bond motifs is 1. The third-order valence-corrected chi connectivity index (χ3v) is 5.95. The van der Waals surface area contributed by atoms with Crippen molar-refractivity contribution in [3.8, 4) is 0 Å². The number of hydrogen-bond donors (Lipinski definition) is 2. The van der Waals surface area contributed by atoms with Crippen molar-refractivity contribution in [3.63, 3.8) is 0 Å². The lowest BCUT2D eigenvalue weighted by atomic mass is 9.74. The smallest absolute Gasteiger partial charge is 0.295 e. The van der Waals surface area contributed by atoms with Crippen LogP contribution in [-0.4, -0.2) is 46.4 Å². The van der Waals surface area contributed by atoms with Crippen molar-refractivity contribution >= 4 is 22.6 Å². The molecule has 29 heavy (non-hydrogen) atoms. The summed E-state index contributed by atoms with van der Waals surface area (Å²) in [5.74, 6) is -1.55. The Morgan fingerprint density at radius 2 is 1.83 bits per heavy atom. The second-order valence-corrected chi connectivity index (χ2v) is 7.83. The normalized spacial score (nSPS) is 16.1. The molecule has 0 aliphatic carbocycles. The standard InChI is InChI=1S/C23H23FN2O3/c24-17-6-7-18-19(14-25-20(18)12-17)21(28)22(29)26-10-8-23(15-27,9-11-26)13-16-4-2-1-3-5-16/h1-7,12,14,25,27H,8-11,13,15H2. The summed E-state index contributed by atoms with van der Waals surface area (Å²) >= 11 is 0.